The molecule has 0 unspecified atom stereocenters. The fourth-order valence-electron chi connectivity index (χ4n) is 2.90. The van der Waals surface area contributed by atoms with Gasteiger partial charge in [-0.3, -0.25) is 4.79 Å². The van der Waals surface area contributed by atoms with E-state index in [4.69, 9.17) is 0 Å². The molecule has 0 aliphatic heterocycles. The Hall–Kier alpha value is -2.63. The van der Waals surface area contributed by atoms with E-state index in [1.165, 1.54) is 32.6 Å². The van der Waals surface area contributed by atoms with Gasteiger partial charge in [0.25, 0.3) is 0 Å². The summed E-state index contributed by atoms with van der Waals surface area (Å²) < 4.78 is 0. The first-order valence-corrected chi connectivity index (χ1v) is 9.39. The number of carbonyl (C=O) groups excluding carboxylic acids is 1. The lowest BCUT2D eigenvalue weighted by Gasteiger charge is -2.15. The van der Waals surface area contributed by atoms with E-state index in [1.807, 2.05) is 18.3 Å². The lowest BCUT2D eigenvalue weighted by atomic mass is 10.1. The number of hydrogen-bond donors (Lipinski definition) is 3. The Kier molecular flexibility index (Phi) is 4.73. The van der Waals surface area contributed by atoms with E-state index in [9.17, 15) is 4.79 Å². The topological polar surface area (TPSA) is 78.9 Å². The van der Waals surface area contributed by atoms with Crippen LogP contribution in [-0.4, -0.2) is 29.0 Å². The minimum atomic E-state index is -0.126. The average molecular weight is 351 g/mol. The molecule has 2 aromatic rings. The predicted octanol–water partition coefficient (Wildman–Crippen LogP) is 3.75. The Morgan fingerprint density at radius 3 is 2.46 bits per heavy atom. The first kappa shape index (κ1) is 16.8. The van der Waals surface area contributed by atoms with Crippen LogP contribution in [0.1, 0.15) is 32.6 Å². The zero-order valence-corrected chi connectivity index (χ0v) is 15.1. The highest BCUT2D eigenvalue weighted by molar-refractivity contribution is 5.88. The van der Waals surface area contributed by atoms with Gasteiger partial charge in [-0.1, -0.05) is 0 Å². The van der Waals surface area contributed by atoms with Gasteiger partial charge in [0, 0.05) is 38.0 Å². The molecular formula is C20H25N5O. The molecule has 2 fully saturated rings. The maximum Gasteiger partial charge on any atom is 0.222 e. The highest BCUT2D eigenvalue weighted by Crippen LogP contribution is 2.33. The summed E-state index contributed by atoms with van der Waals surface area (Å²) in [7, 11) is 0. The van der Waals surface area contributed by atoms with Gasteiger partial charge in [-0.2, -0.15) is 0 Å². The zero-order chi connectivity index (χ0) is 17.9. The van der Waals surface area contributed by atoms with Crippen molar-refractivity contribution in [1.82, 2.24) is 9.97 Å². The molecule has 0 spiro atoms. The van der Waals surface area contributed by atoms with Crippen LogP contribution >= 0.6 is 0 Å². The lowest BCUT2D eigenvalue weighted by molar-refractivity contribution is -0.114. The van der Waals surface area contributed by atoms with Gasteiger partial charge in [-0.25, -0.2) is 9.97 Å². The Balaban J connectivity index is 1.56. The first-order valence-electron chi connectivity index (χ1n) is 9.39. The normalized spacial score (nSPS) is 16.2. The van der Waals surface area contributed by atoms with Gasteiger partial charge in [0.05, 0.1) is 5.69 Å². The van der Waals surface area contributed by atoms with Gasteiger partial charge in [-0.15, -0.1) is 0 Å². The average Bonchev–Trinajstić information content (AvgIpc) is 3.53. The molecular weight excluding hydrogens is 326 g/mol. The molecule has 1 amide bonds. The van der Waals surface area contributed by atoms with Crippen molar-refractivity contribution in [1.29, 1.82) is 0 Å². The van der Waals surface area contributed by atoms with Crippen LogP contribution in [0.25, 0.3) is 11.1 Å². The number of nitrogens with one attached hydrogen (secondary N) is 3. The maximum atomic E-state index is 11.3. The SMILES string of the molecule is CC(=O)Nc1cc(-c2cnc(NCC3CC3)c(NCC3CC3)c2)ccn1. The van der Waals surface area contributed by atoms with Crippen LogP contribution in [0.2, 0.25) is 0 Å². The fourth-order valence-corrected chi connectivity index (χ4v) is 2.90. The van der Waals surface area contributed by atoms with E-state index in [-0.39, 0.29) is 5.91 Å². The van der Waals surface area contributed by atoms with E-state index in [1.54, 1.807) is 6.20 Å². The predicted molar refractivity (Wildman–Crippen MR) is 104 cm³/mol. The van der Waals surface area contributed by atoms with Crippen molar-refractivity contribution >= 4 is 23.2 Å². The molecule has 0 aromatic carbocycles. The number of pyridine rings is 2. The summed E-state index contributed by atoms with van der Waals surface area (Å²) in [6.45, 7) is 3.47. The van der Waals surface area contributed by atoms with E-state index in [2.05, 4.69) is 32.0 Å². The smallest absolute Gasteiger partial charge is 0.222 e. The van der Waals surface area contributed by atoms with Gasteiger partial charge in [0.2, 0.25) is 5.91 Å². The van der Waals surface area contributed by atoms with Crippen molar-refractivity contribution in [2.45, 2.75) is 32.6 Å². The van der Waals surface area contributed by atoms with Gasteiger partial charge < -0.3 is 16.0 Å². The molecule has 26 heavy (non-hydrogen) atoms. The van der Waals surface area contributed by atoms with Crippen LogP contribution in [-0.2, 0) is 4.79 Å². The van der Waals surface area contributed by atoms with Crippen molar-refractivity contribution in [2.24, 2.45) is 11.8 Å². The molecule has 2 aromatic heterocycles. The molecule has 2 aliphatic rings. The minimum Gasteiger partial charge on any atom is -0.382 e. The van der Waals surface area contributed by atoms with Crippen LogP contribution in [0.4, 0.5) is 17.3 Å². The van der Waals surface area contributed by atoms with Gasteiger partial charge in [-0.05, 0) is 61.3 Å². The molecule has 0 bridgehead atoms. The summed E-state index contributed by atoms with van der Waals surface area (Å²) in [5.74, 6) is 2.95. The Labute approximate surface area is 153 Å². The maximum absolute atomic E-state index is 11.3. The number of nitrogens with zero attached hydrogens (tertiary/aromatic N) is 2. The molecule has 0 saturated heterocycles. The largest absolute Gasteiger partial charge is 0.382 e. The minimum absolute atomic E-state index is 0.126. The Bertz CT molecular complexity index is 799. The quantitative estimate of drug-likeness (QED) is 0.675. The summed E-state index contributed by atoms with van der Waals surface area (Å²) in [4.78, 5) is 20.1. The van der Waals surface area contributed by atoms with E-state index >= 15 is 0 Å². The van der Waals surface area contributed by atoms with Crippen LogP contribution in [0, 0.1) is 11.8 Å². The third-order valence-corrected chi connectivity index (χ3v) is 4.82. The zero-order valence-electron chi connectivity index (χ0n) is 15.1. The molecule has 0 atom stereocenters. The molecule has 2 saturated carbocycles. The third kappa shape index (κ3) is 4.50. The second-order valence-electron chi connectivity index (χ2n) is 7.38. The fraction of sp³-hybridized carbons (Fsp3) is 0.450. The van der Waals surface area contributed by atoms with Gasteiger partial charge in [0.15, 0.2) is 0 Å². The molecule has 6 heteroatoms. The van der Waals surface area contributed by atoms with Gasteiger partial charge in [0.1, 0.15) is 11.6 Å². The van der Waals surface area contributed by atoms with Crippen molar-refractivity contribution in [3.63, 3.8) is 0 Å². The van der Waals surface area contributed by atoms with Crippen LogP contribution in [0.15, 0.2) is 30.6 Å². The van der Waals surface area contributed by atoms with Crippen LogP contribution in [0.3, 0.4) is 0 Å². The lowest BCUT2D eigenvalue weighted by Crippen LogP contribution is -2.11. The standard InChI is InChI=1S/C20H25N5O/c1-13(26)25-19-9-16(6-7-21-19)17-8-18(22-10-14-2-3-14)20(24-12-17)23-11-15-4-5-15/h6-9,12,14-15,22H,2-5,10-11H2,1H3,(H,23,24)(H,21,25,26). The Morgan fingerprint density at radius 1 is 1.04 bits per heavy atom. The number of aromatic nitrogens is 2. The van der Waals surface area contributed by atoms with Crippen molar-refractivity contribution in [2.75, 3.05) is 29.0 Å². The summed E-state index contributed by atoms with van der Waals surface area (Å²) >= 11 is 0. The number of anilines is 3. The van der Waals surface area contributed by atoms with Crippen molar-refractivity contribution in [3.05, 3.63) is 30.6 Å². The second-order valence-corrected chi connectivity index (χ2v) is 7.38. The van der Waals surface area contributed by atoms with Gasteiger partial charge >= 0.3 is 0 Å². The van der Waals surface area contributed by atoms with Crippen molar-refractivity contribution < 1.29 is 4.79 Å². The van der Waals surface area contributed by atoms with E-state index < -0.39 is 0 Å². The number of hydrogen-bond acceptors (Lipinski definition) is 5. The molecule has 3 N–H and O–H groups in total. The van der Waals surface area contributed by atoms with Crippen LogP contribution < -0.4 is 16.0 Å². The summed E-state index contributed by atoms with van der Waals surface area (Å²) in [5, 5.41) is 9.79. The molecule has 136 valence electrons. The monoisotopic (exact) mass is 351 g/mol. The number of amides is 1. The second kappa shape index (κ2) is 7.32. The van der Waals surface area contributed by atoms with Crippen LogP contribution in [0.5, 0.6) is 0 Å². The molecule has 0 radical (unpaired) electrons. The number of carbonyl (C=O) groups is 1. The summed E-state index contributed by atoms with van der Waals surface area (Å²) in [6, 6.07) is 5.95. The van der Waals surface area contributed by atoms with E-state index in [0.29, 0.717) is 5.82 Å². The number of rotatable bonds is 8. The molecule has 2 heterocycles. The Morgan fingerprint density at radius 2 is 1.77 bits per heavy atom. The van der Waals surface area contributed by atoms with Crippen molar-refractivity contribution in [3.8, 4) is 11.1 Å². The summed E-state index contributed by atoms with van der Waals surface area (Å²) in [6.07, 6.45) is 8.85. The molecule has 4 rings (SSSR count). The third-order valence-electron chi connectivity index (χ3n) is 4.82. The highest BCUT2D eigenvalue weighted by atomic mass is 16.1. The molecule has 6 nitrogen and oxygen atoms in total. The summed E-state index contributed by atoms with van der Waals surface area (Å²) in [5.41, 5.74) is 3.04. The van der Waals surface area contributed by atoms with E-state index in [0.717, 1.165) is 47.6 Å². The first-order chi connectivity index (χ1) is 12.7. The molecule has 2 aliphatic carbocycles. The highest BCUT2D eigenvalue weighted by Gasteiger charge is 2.23.